The van der Waals surface area contributed by atoms with Gasteiger partial charge in [0.2, 0.25) is 10.0 Å². The fourth-order valence-corrected chi connectivity index (χ4v) is 4.57. The molecule has 3 N–H and O–H groups in total. The quantitative estimate of drug-likeness (QED) is 0.583. The second-order valence-corrected chi connectivity index (χ2v) is 8.37. The van der Waals surface area contributed by atoms with E-state index >= 15 is 0 Å². The third-order valence-corrected chi connectivity index (χ3v) is 6.35. The second kappa shape index (κ2) is 8.05. The number of anilines is 1. The van der Waals surface area contributed by atoms with Crippen LogP contribution >= 0.6 is 11.3 Å². The Bertz CT molecular complexity index is 1050. The Morgan fingerprint density at radius 1 is 1.19 bits per heavy atom. The summed E-state index contributed by atoms with van der Waals surface area (Å²) in [6.45, 7) is -0.148. The zero-order valence-electron chi connectivity index (χ0n) is 14.4. The number of fused-ring (bicyclic) bond motifs is 1. The molecule has 0 saturated carbocycles. The van der Waals surface area contributed by atoms with E-state index in [1.165, 1.54) is 42.7 Å². The molecule has 27 heavy (non-hydrogen) atoms. The van der Waals surface area contributed by atoms with E-state index < -0.39 is 22.2 Å². The Morgan fingerprint density at radius 2 is 1.89 bits per heavy atom. The molecule has 1 amide bonds. The maximum Gasteiger partial charge on any atom is 0.411 e. The molecule has 0 aliphatic rings. The van der Waals surface area contributed by atoms with E-state index in [-0.39, 0.29) is 11.4 Å². The predicted octanol–water partition coefficient (Wildman–Crippen LogP) is 3.09. The molecule has 3 aromatic rings. The number of ether oxygens (including phenoxy) is 1. The van der Waals surface area contributed by atoms with Crippen LogP contribution < -0.4 is 10.0 Å². The fraction of sp³-hybridized carbons (Fsp3) is 0.167. The van der Waals surface area contributed by atoms with Gasteiger partial charge in [-0.05, 0) is 41.1 Å². The van der Waals surface area contributed by atoms with Gasteiger partial charge in [0, 0.05) is 22.5 Å². The standard InChI is InChI=1S/C18H18N2O5S2/c1-25-18(22)20-12-6-8-13(9-7-12)27(23,24)19-10-16(21)15-11-26-17-5-3-2-4-14(15)17/h2-9,11,16,19,21H,10H2,1H3,(H,20,22)/t16-/m0/s1. The highest BCUT2D eigenvalue weighted by atomic mass is 32.2. The van der Waals surface area contributed by atoms with Crippen molar-refractivity contribution in [2.45, 2.75) is 11.0 Å². The summed E-state index contributed by atoms with van der Waals surface area (Å²) in [5.41, 5.74) is 1.10. The monoisotopic (exact) mass is 406 g/mol. The van der Waals surface area contributed by atoms with E-state index in [1.54, 1.807) is 0 Å². The number of rotatable bonds is 6. The fourth-order valence-electron chi connectivity index (χ4n) is 2.52. The average molecular weight is 406 g/mol. The van der Waals surface area contributed by atoms with Crippen LogP contribution in [0.25, 0.3) is 10.1 Å². The van der Waals surface area contributed by atoms with Crippen LogP contribution in [0.5, 0.6) is 0 Å². The van der Waals surface area contributed by atoms with E-state index in [0.717, 1.165) is 10.1 Å². The van der Waals surface area contributed by atoms with Gasteiger partial charge in [0.15, 0.2) is 0 Å². The number of carbonyl (C=O) groups excluding carboxylic acids is 1. The van der Waals surface area contributed by atoms with E-state index in [4.69, 9.17) is 0 Å². The molecule has 0 spiro atoms. The molecule has 142 valence electrons. The highest BCUT2D eigenvalue weighted by Crippen LogP contribution is 2.30. The van der Waals surface area contributed by atoms with Crippen molar-refractivity contribution in [2.24, 2.45) is 0 Å². The summed E-state index contributed by atoms with van der Waals surface area (Å²) in [5, 5.41) is 15.6. The topological polar surface area (TPSA) is 105 Å². The number of carbonyl (C=O) groups is 1. The van der Waals surface area contributed by atoms with E-state index in [1.807, 2.05) is 29.6 Å². The van der Waals surface area contributed by atoms with Gasteiger partial charge >= 0.3 is 6.09 Å². The largest absolute Gasteiger partial charge is 0.453 e. The lowest BCUT2D eigenvalue weighted by Crippen LogP contribution is -2.28. The maximum atomic E-state index is 12.4. The number of hydrogen-bond acceptors (Lipinski definition) is 6. The highest BCUT2D eigenvalue weighted by molar-refractivity contribution is 7.89. The molecule has 0 radical (unpaired) electrons. The summed E-state index contributed by atoms with van der Waals surface area (Å²) in [6, 6.07) is 13.3. The van der Waals surface area contributed by atoms with Crippen LogP contribution in [-0.4, -0.2) is 33.3 Å². The third-order valence-electron chi connectivity index (χ3n) is 3.93. The number of benzene rings is 2. The average Bonchev–Trinajstić information content (AvgIpc) is 3.11. The molecule has 0 fully saturated rings. The molecule has 2 aromatic carbocycles. The predicted molar refractivity (Wildman–Crippen MR) is 104 cm³/mol. The normalized spacial score (nSPS) is 12.7. The van der Waals surface area contributed by atoms with Crippen LogP contribution in [0.4, 0.5) is 10.5 Å². The molecule has 0 unspecified atom stereocenters. The zero-order valence-corrected chi connectivity index (χ0v) is 16.0. The van der Waals surface area contributed by atoms with Crippen molar-refractivity contribution >= 4 is 43.2 Å². The van der Waals surface area contributed by atoms with Gasteiger partial charge in [0.05, 0.1) is 18.1 Å². The van der Waals surface area contributed by atoms with E-state index in [0.29, 0.717) is 11.3 Å². The number of nitrogens with one attached hydrogen (secondary N) is 2. The summed E-state index contributed by atoms with van der Waals surface area (Å²) in [5.74, 6) is 0. The van der Waals surface area contributed by atoms with Crippen molar-refractivity contribution < 1.29 is 23.1 Å². The van der Waals surface area contributed by atoms with Crippen LogP contribution in [0.2, 0.25) is 0 Å². The number of methoxy groups -OCH3 is 1. The van der Waals surface area contributed by atoms with Crippen molar-refractivity contribution in [1.82, 2.24) is 4.72 Å². The Labute approximate surface area is 160 Å². The Kier molecular flexibility index (Phi) is 5.76. The van der Waals surface area contributed by atoms with E-state index in [2.05, 4.69) is 14.8 Å². The van der Waals surface area contributed by atoms with Crippen LogP contribution in [0.15, 0.2) is 58.8 Å². The Morgan fingerprint density at radius 3 is 2.59 bits per heavy atom. The summed E-state index contributed by atoms with van der Waals surface area (Å²) >= 11 is 1.50. The number of sulfonamides is 1. The first-order chi connectivity index (χ1) is 12.9. The Hall–Kier alpha value is -2.46. The zero-order chi connectivity index (χ0) is 19.4. The Balaban J connectivity index is 1.68. The molecule has 1 atom stereocenters. The summed E-state index contributed by atoms with van der Waals surface area (Å²) < 4.78 is 32.8. The van der Waals surface area contributed by atoms with Crippen LogP contribution in [0.1, 0.15) is 11.7 Å². The van der Waals surface area contributed by atoms with E-state index in [9.17, 15) is 18.3 Å². The number of hydrogen-bond donors (Lipinski definition) is 3. The maximum absolute atomic E-state index is 12.4. The molecule has 0 aliphatic carbocycles. The van der Waals surface area contributed by atoms with Crippen LogP contribution in [-0.2, 0) is 14.8 Å². The number of amides is 1. The minimum absolute atomic E-state index is 0.0280. The minimum Gasteiger partial charge on any atom is -0.453 e. The van der Waals surface area contributed by atoms with Gasteiger partial charge in [-0.25, -0.2) is 17.9 Å². The van der Waals surface area contributed by atoms with Gasteiger partial charge in [0.25, 0.3) is 0 Å². The van der Waals surface area contributed by atoms with Gasteiger partial charge in [0.1, 0.15) is 0 Å². The highest BCUT2D eigenvalue weighted by Gasteiger charge is 2.19. The molecule has 1 heterocycles. The van der Waals surface area contributed by atoms with Crippen molar-refractivity contribution in [1.29, 1.82) is 0 Å². The lowest BCUT2D eigenvalue weighted by Gasteiger charge is -2.12. The second-order valence-electron chi connectivity index (χ2n) is 5.70. The molecule has 7 nitrogen and oxygen atoms in total. The van der Waals surface area contributed by atoms with Crippen molar-refractivity contribution in [3.05, 3.63) is 59.5 Å². The lowest BCUT2D eigenvalue weighted by atomic mass is 10.1. The SMILES string of the molecule is COC(=O)Nc1ccc(S(=O)(=O)NC[C@H](O)c2csc3ccccc23)cc1. The number of thiophene rings is 1. The number of aliphatic hydroxyl groups is 1. The first-order valence-corrected chi connectivity index (χ1v) is 10.4. The summed E-state index contributed by atoms with van der Waals surface area (Å²) in [6.07, 6.45) is -1.61. The molecule has 9 heteroatoms. The summed E-state index contributed by atoms with van der Waals surface area (Å²) in [7, 11) is -2.56. The molecular weight excluding hydrogens is 388 g/mol. The lowest BCUT2D eigenvalue weighted by molar-refractivity contribution is 0.184. The first kappa shape index (κ1) is 19.3. The minimum atomic E-state index is -3.80. The van der Waals surface area contributed by atoms with Crippen molar-refractivity contribution in [3.63, 3.8) is 0 Å². The molecule has 0 aliphatic heterocycles. The summed E-state index contributed by atoms with van der Waals surface area (Å²) in [4.78, 5) is 11.2. The molecule has 0 saturated heterocycles. The van der Waals surface area contributed by atoms with Gasteiger partial charge in [-0.15, -0.1) is 11.3 Å². The molecular formula is C18H18N2O5S2. The third kappa shape index (κ3) is 4.45. The van der Waals surface area contributed by atoms with Gasteiger partial charge < -0.3 is 9.84 Å². The van der Waals surface area contributed by atoms with Crippen LogP contribution in [0, 0.1) is 0 Å². The van der Waals surface area contributed by atoms with Crippen LogP contribution in [0.3, 0.4) is 0 Å². The van der Waals surface area contributed by atoms with Crippen molar-refractivity contribution in [3.8, 4) is 0 Å². The first-order valence-electron chi connectivity index (χ1n) is 7.99. The molecule has 3 rings (SSSR count). The number of aliphatic hydroxyl groups excluding tert-OH is 1. The van der Waals surface area contributed by atoms with Gasteiger partial charge in [-0.3, -0.25) is 5.32 Å². The molecule has 0 bridgehead atoms. The smallest absolute Gasteiger partial charge is 0.411 e. The molecule has 1 aromatic heterocycles. The van der Waals surface area contributed by atoms with Crippen molar-refractivity contribution in [2.75, 3.05) is 19.0 Å². The van der Waals surface area contributed by atoms with Gasteiger partial charge in [-0.1, -0.05) is 18.2 Å². The van der Waals surface area contributed by atoms with Gasteiger partial charge in [-0.2, -0.15) is 0 Å².